The first-order valence-electron chi connectivity index (χ1n) is 6.41. The maximum atomic E-state index is 5.98. The molecule has 1 saturated carbocycles. The van der Waals surface area contributed by atoms with Gasteiger partial charge >= 0.3 is 0 Å². The fourth-order valence-corrected chi connectivity index (χ4v) is 2.49. The van der Waals surface area contributed by atoms with E-state index in [4.69, 9.17) is 9.47 Å². The van der Waals surface area contributed by atoms with Gasteiger partial charge in [-0.05, 0) is 44.2 Å². The van der Waals surface area contributed by atoms with Gasteiger partial charge < -0.3 is 14.8 Å². The van der Waals surface area contributed by atoms with Gasteiger partial charge in [-0.3, -0.25) is 0 Å². The zero-order chi connectivity index (χ0) is 11.2. The highest BCUT2D eigenvalue weighted by Gasteiger charge is 2.22. The molecule has 1 aliphatic heterocycles. The monoisotopic (exact) mass is 225 g/mol. The van der Waals surface area contributed by atoms with Gasteiger partial charge in [0.2, 0.25) is 0 Å². The van der Waals surface area contributed by atoms with Crippen molar-refractivity contribution in [2.24, 2.45) is 0 Å². The summed E-state index contributed by atoms with van der Waals surface area (Å²) in [4.78, 5) is 0. The molecule has 0 amide bonds. The van der Waals surface area contributed by atoms with Crippen LogP contribution in [0, 0.1) is 0 Å². The zero-order valence-corrected chi connectivity index (χ0v) is 10.2. The average Bonchev–Trinajstić information content (AvgIpc) is 2.38. The van der Waals surface area contributed by atoms with Crippen molar-refractivity contribution in [2.75, 3.05) is 26.8 Å². The number of rotatable bonds is 4. The standard InChI is InChI=1S/C13H23NO2/c1-15-12-3-2-4-13(9-12)16-10-11-5-7-14-8-6-11/h5,12-14H,2-4,6-10H2,1H3. The van der Waals surface area contributed by atoms with Crippen molar-refractivity contribution in [1.29, 1.82) is 0 Å². The second kappa shape index (κ2) is 6.38. The molecule has 0 aromatic rings. The second-order valence-corrected chi connectivity index (χ2v) is 4.77. The molecule has 1 aliphatic carbocycles. The number of nitrogens with one attached hydrogen (secondary N) is 1. The van der Waals surface area contributed by atoms with Crippen LogP contribution in [0.1, 0.15) is 32.1 Å². The van der Waals surface area contributed by atoms with E-state index in [9.17, 15) is 0 Å². The topological polar surface area (TPSA) is 30.5 Å². The molecule has 0 radical (unpaired) electrons. The van der Waals surface area contributed by atoms with E-state index in [1.165, 1.54) is 24.8 Å². The number of ether oxygens (including phenoxy) is 2. The molecule has 1 heterocycles. The normalized spacial score (nSPS) is 31.2. The van der Waals surface area contributed by atoms with Gasteiger partial charge in [0.1, 0.15) is 0 Å². The van der Waals surface area contributed by atoms with Gasteiger partial charge in [0, 0.05) is 13.7 Å². The fourth-order valence-electron chi connectivity index (χ4n) is 2.49. The lowest BCUT2D eigenvalue weighted by atomic mass is 9.95. The molecule has 2 rings (SSSR count). The molecule has 0 saturated heterocycles. The van der Waals surface area contributed by atoms with Gasteiger partial charge in [-0.25, -0.2) is 0 Å². The molecule has 2 atom stereocenters. The van der Waals surface area contributed by atoms with Crippen LogP contribution in [0.2, 0.25) is 0 Å². The molecule has 92 valence electrons. The molecule has 3 heteroatoms. The first-order chi connectivity index (χ1) is 7.88. The van der Waals surface area contributed by atoms with E-state index in [1.54, 1.807) is 0 Å². The van der Waals surface area contributed by atoms with Crippen LogP contribution in [-0.2, 0) is 9.47 Å². The molecular weight excluding hydrogens is 202 g/mol. The summed E-state index contributed by atoms with van der Waals surface area (Å²) in [5.41, 5.74) is 1.46. The van der Waals surface area contributed by atoms with Crippen LogP contribution in [0.25, 0.3) is 0 Å². The third kappa shape index (κ3) is 3.58. The van der Waals surface area contributed by atoms with E-state index in [-0.39, 0.29) is 0 Å². The van der Waals surface area contributed by atoms with E-state index in [0.717, 1.165) is 32.5 Å². The van der Waals surface area contributed by atoms with Crippen molar-refractivity contribution in [3.63, 3.8) is 0 Å². The molecule has 1 N–H and O–H groups in total. The summed E-state index contributed by atoms with van der Waals surface area (Å²) in [5, 5.41) is 3.32. The largest absolute Gasteiger partial charge is 0.381 e. The molecule has 3 nitrogen and oxygen atoms in total. The minimum Gasteiger partial charge on any atom is -0.381 e. The predicted molar refractivity (Wildman–Crippen MR) is 64.6 cm³/mol. The molecule has 0 aromatic heterocycles. The number of methoxy groups -OCH3 is 1. The molecule has 16 heavy (non-hydrogen) atoms. The van der Waals surface area contributed by atoms with Gasteiger partial charge in [-0.2, -0.15) is 0 Å². The van der Waals surface area contributed by atoms with E-state index < -0.39 is 0 Å². The van der Waals surface area contributed by atoms with Crippen LogP contribution in [-0.4, -0.2) is 39.0 Å². The Morgan fingerprint density at radius 3 is 3.00 bits per heavy atom. The molecule has 2 aliphatic rings. The van der Waals surface area contributed by atoms with Gasteiger partial charge in [-0.15, -0.1) is 0 Å². The molecule has 0 bridgehead atoms. The molecule has 0 spiro atoms. The Morgan fingerprint density at radius 2 is 2.25 bits per heavy atom. The van der Waals surface area contributed by atoms with Gasteiger partial charge in [-0.1, -0.05) is 6.08 Å². The summed E-state index contributed by atoms with van der Waals surface area (Å²) in [7, 11) is 1.81. The van der Waals surface area contributed by atoms with E-state index >= 15 is 0 Å². The smallest absolute Gasteiger partial charge is 0.0681 e. The number of hydrogen-bond acceptors (Lipinski definition) is 3. The summed E-state index contributed by atoms with van der Waals surface area (Å²) in [5.74, 6) is 0. The van der Waals surface area contributed by atoms with E-state index in [0.29, 0.717) is 12.2 Å². The SMILES string of the molecule is COC1CCCC(OCC2=CCNCC2)C1. The average molecular weight is 225 g/mol. The highest BCUT2D eigenvalue weighted by Crippen LogP contribution is 2.23. The Morgan fingerprint density at radius 1 is 1.38 bits per heavy atom. The summed E-state index contributed by atoms with van der Waals surface area (Å²) in [6.45, 7) is 2.92. The molecule has 2 unspecified atom stereocenters. The minimum absolute atomic E-state index is 0.412. The third-order valence-electron chi connectivity index (χ3n) is 3.57. The predicted octanol–water partition coefficient (Wildman–Crippen LogP) is 1.88. The Balaban J connectivity index is 1.70. The summed E-state index contributed by atoms with van der Waals surface area (Å²) in [6, 6.07) is 0. The molecule has 0 aromatic carbocycles. The Labute approximate surface area is 98.2 Å². The summed E-state index contributed by atoms with van der Waals surface area (Å²) < 4.78 is 11.4. The van der Waals surface area contributed by atoms with Crippen LogP contribution in [0.3, 0.4) is 0 Å². The van der Waals surface area contributed by atoms with Crippen LogP contribution < -0.4 is 5.32 Å². The van der Waals surface area contributed by atoms with Crippen molar-refractivity contribution in [1.82, 2.24) is 5.32 Å². The molecular formula is C13H23NO2. The van der Waals surface area contributed by atoms with Gasteiger partial charge in [0.05, 0.1) is 18.8 Å². The van der Waals surface area contributed by atoms with Crippen LogP contribution in [0.5, 0.6) is 0 Å². The second-order valence-electron chi connectivity index (χ2n) is 4.77. The van der Waals surface area contributed by atoms with Crippen LogP contribution in [0.4, 0.5) is 0 Å². The Hall–Kier alpha value is -0.380. The maximum absolute atomic E-state index is 5.98. The first kappa shape index (κ1) is 12.1. The van der Waals surface area contributed by atoms with Crippen LogP contribution >= 0.6 is 0 Å². The van der Waals surface area contributed by atoms with Crippen molar-refractivity contribution >= 4 is 0 Å². The highest BCUT2D eigenvalue weighted by atomic mass is 16.5. The molecule has 1 fully saturated rings. The van der Waals surface area contributed by atoms with Crippen molar-refractivity contribution in [3.05, 3.63) is 11.6 Å². The Kier molecular flexibility index (Phi) is 4.82. The van der Waals surface area contributed by atoms with E-state index in [1.807, 2.05) is 7.11 Å². The van der Waals surface area contributed by atoms with Crippen molar-refractivity contribution in [3.8, 4) is 0 Å². The van der Waals surface area contributed by atoms with E-state index in [2.05, 4.69) is 11.4 Å². The number of hydrogen-bond donors (Lipinski definition) is 1. The third-order valence-corrected chi connectivity index (χ3v) is 3.57. The minimum atomic E-state index is 0.412. The lowest BCUT2D eigenvalue weighted by molar-refractivity contribution is -0.0228. The van der Waals surface area contributed by atoms with Crippen molar-refractivity contribution in [2.45, 2.75) is 44.3 Å². The zero-order valence-electron chi connectivity index (χ0n) is 10.2. The lowest BCUT2D eigenvalue weighted by Gasteiger charge is -2.28. The fraction of sp³-hybridized carbons (Fsp3) is 0.846. The van der Waals surface area contributed by atoms with Crippen molar-refractivity contribution < 1.29 is 9.47 Å². The van der Waals surface area contributed by atoms with Gasteiger partial charge in [0.25, 0.3) is 0 Å². The maximum Gasteiger partial charge on any atom is 0.0681 e. The summed E-state index contributed by atoms with van der Waals surface area (Å²) in [6.07, 6.45) is 8.94. The van der Waals surface area contributed by atoms with Crippen LogP contribution in [0.15, 0.2) is 11.6 Å². The Bertz CT molecular complexity index is 240. The van der Waals surface area contributed by atoms with Gasteiger partial charge in [0.15, 0.2) is 0 Å². The quantitative estimate of drug-likeness (QED) is 0.741. The summed E-state index contributed by atoms with van der Waals surface area (Å²) >= 11 is 0. The highest BCUT2D eigenvalue weighted by molar-refractivity contribution is 5.07. The first-order valence-corrected chi connectivity index (χ1v) is 6.41. The lowest BCUT2D eigenvalue weighted by Crippen LogP contribution is -2.29.